The number of carbonyl (C=O) groups excluding carboxylic acids is 1. The standard InChI is InChI=1S/C17H19ClN2O2/c1-11-4-6-14(7-5-11)22-10-19-17(21)20-16-13(3)8-12(2)9-15(16)18/h4-9H,10H2,1-3H3,(H2,19,20,21). The summed E-state index contributed by atoms with van der Waals surface area (Å²) in [6, 6.07) is 11.0. The Labute approximate surface area is 135 Å². The van der Waals surface area contributed by atoms with Crippen molar-refractivity contribution in [1.29, 1.82) is 0 Å². The van der Waals surface area contributed by atoms with E-state index in [1.165, 1.54) is 0 Å². The molecule has 0 atom stereocenters. The number of aryl methyl sites for hydroxylation is 3. The summed E-state index contributed by atoms with van der Waals surface area (Å²) in [5.41, 5.74) is 3.73. The minimum Gasteiger partial charge on any atom is -0.473 e. The van der Waals surface area contributed by atoms with E-state index in [1.54, 1.807) is 0 Å². The lowest BCUT2D eigenvalue weighted by Gasteiger charge is -2.13. The molecule has 2 rings (SSSR count). The van der Waals surface area contributed by atoms with Crippen molar-refractivity contribution >= 4 is 23.3 Å². The second-order valence-electron chi connectivity index (χ2n) is 5.17. The number of amides is 2. The summed E-state index contributed by atoms with van der Waals surface area (Å²) in [6.45, 7) is 5.94. The highest BCUT2D eigenvalue weighted by Gasteiger charge is 2.09. The highest BCUT2D eigenvalue weighted by atomic mass is 35.5. The quantitative estimate of drug-likeness (QED) is 0.820. The maximum absolute atomic E-state index is 11.9. The average Bonchev–Trinajstić information content (AvgIpc) is 2.45. The first-order valence-corrected chi connectivity index (χ1v) is 7.34. The number of ether oxygens (including phenoxy) is 1. The third-order valence-corrected chi connectivity index (χ3v) is 3.46. The maximum atomic E-state index is 11.9. The number of carbonyl (C=O) groups is 1. The van der Waals surface area contributed by atoms with Crippen LogP contribution in [-0.4, -0.2) is 12.8 Å². The molecule has 2 amide bonds. The highest BCUT2D eigenvalue weighted by molar-refractivity contribution is 6.34. The van der Waals surface area contributed by atoms with E-state index >= 15 is 0 Å². The summed E-state index contributed by atoms with van der Waals surface area (Å²) < 4.78 is 5.44. The third kappa shape index (κ3) is 4.40. The van der Waals surface area contributed by atoms with Gasteiger partial charge in [0.25, 0.3) is 0 Å². The first-order valence-electron chi connectivity index (χ1n) is 6.97. The fourth-order valence-electron chi connectivity index (χ4n) is 2.05. The van der Waals surface area contributed by atoms with E-state index in [4.69, 9.17) is 16.3 Å². The van der Waals surface area contributed by atoms with Gasteiger partial charge in [-0.2, -0.15) is 0 Å². The van der Waals surface area contributed by atoms with E-state index in [-0.39, 0.29) is 12.8 Å². The summed E-state index contributed by atoms with van der Waals surface area (Å²) in [5, 5.41) is 5.89. The Morgan fingerprint density at radius 2 is 1.77 bits per heavy atom. The lowest BCUT2D eigenvalue weighted by Crippen LogP contribution is -2.32. The number of hydrogen-bond donors (Lipinski definition) is 2. The Bertz CT molecular complexity index is 646. The number of benzene rings is 2. The predicted molar refractivity (Wildman–Crippen MR) is 89.8 cm³/mol. The van der Waals surface area contributed by atoms with E-state index < -0.39 is 0 Å². The van der Waals surface area contributed by atoms with E-state index in [2.05, 4.69) is 10.6 Å². The molecule has 0 aliphatic heterocycles. The first kappa shape index (κ1) is 16.2. The van der Waals surface area contributed by atoms with Crippen molar-refractivity contribution in [3.05, 3.63) is 58.1 Å². The van der Waals surface area contributed by atoms with Gasteiger partial charge in [-0.05, 0) is 50.1 Å². The molecular weight excluding hydrogens is 300 g/mol. The van der Waals surface area contributed by atoms with E-state index in [9.17, 15) is 4.79 Å². The Morgan fingerprint density at radius 1 is 1.09 bits per heavy atom. The monoisotopic (exact) mass is 318 g/mol. The zero-order valence-electron chi connectivity index (χ0n) is 12.9. The topological polar surface area (TPSA) is 50.4 Å². The number of nitrogens with one attached hydrogen (secondary N) is 2. The summed E-state index contributed by atoms with van der Waals surface area (Å²) in [5.74, 6) is 0.704. The summed E-state index contributed by atoms with van der Waals surface area (Å²) in [6.07, 6.45) is 0. The minimum absolute atomic E-state index is 0.0808. The van der Waals surface area contributed by atoms with Crippen molar-refractivity contribution in [3.8, 4) is 5.75 Å². The molecule has 22 heavy (non-hydrogen) atoms. The predicted octanol–water partition coefficient (Wildman–Crippen LogP) is 4.42. The third-order valence-electron chi connectivity index (χ3n) is 3.16. The van der Waals surface area contributed by atoms with Gasteiger partial charge in [-0.1, -0.05) is 35.4 Å². The summed E-state index contributed by atoms with van der Waals surface area (Å²) in [4.78, 5) is 11.9. The molecule has 0 aliphatic carbocycles. The molecule has 0 spiro atoms. The van der Waals surface area contributed by atoms with Crippen LogP contribution in [0.3, 0.4) is 0 Å². The van der Waals surface area contributed by atoms with Gasteiger partial charge in [-0.25, -0.2) is 4.79 Å². The van der Waals surface area contributed by atoms with Crippen LogP contribution in [0.1, 0.15) is 16.7 Å². The van der Waals surface area contributed by atoms with Crippen LogP contribution in [0.5, 0.6) is 5.75 Å². The van der Waals surface area contributed by atoms with Crippen LogP contribution in [0, 0.1) is 20.8 Å². The number of anilines is 1. The second-order valence-corrected chi connectivity index (χ2v) is 5.58. The Balaban J connectivity index is 1.87. The molecule has 0 saturated carbocycles. The Kier molecular flexibility index (Phi) is 5.28. The fourth-order valence-corrected chi connectivity index (χ4v) is 2.42. The molecule has 4 nitrogen and oxygen atoms in total. The van der Waals surface area contributed by atoms with Gasteiger partial charge in [0.05, 0.1) is 10.7 Å². The van der Waals surface area contributed by atoms with Crippen LogP contribution in [0.4, 0.5) is 10.5 Å². The van der Waals surface area contributed by atoms with Gasteiger partial charge in [0.2, 0.25) is 0 Å². The fraction of sp³-hybridized carbons (Fsp3) is 0.235. The van der Waals surface area contributed by atoms with Crippen molar-refractivity contribution in [2.45, 2.75) is 20.8 Å². The number of halogens is 1. The molecule has 2 N–H and O–H groups in total. The Morgan fingerprint density at radius 3 is 2.41 bits per heavy atom. The zero-order chi connectivity index (χ0) is 16.1. The lowest BCUT2D eigenvalue weighted by molar-refractivity contribution is 0.234. The molecule has 116 valence electrons. The van der Waals surface area contributed by atoms with Gasteiger partial charge >= 0.3 is 6.03 Å². The van der Waals surface area contributed by atoms with E-state index in [0.29, 0.717) is 16.5 Å². The van der Waals surface area contributed by atoms with Gasteiger partial charge < -0.3 is 15.4 Å². The van der Waals surface area contributed by atoms with Gasteiger partial charge in [0.15, 0.2) is 6.73 Å². The highest BCUT2D eigenvalue weighted by Crippen LogP contribution is 2.27. The molecule has 0 saturated heterocycles. The summed E-state index contributed by atoms with van der Waals surface area (Å²) >= 11 is 6.15. The lowest BCUT2D eigenvalue weighted by atomic mass is 10.1. The van der Waals surface area contributed by atoms with Crippen molar-refractivity contribution in [2.24, 2.45) is 0 Å². The van der Waals surface area contributed by atoms with Crippen LogP contribution in [0.15, 0.2) is 36.4 Å². The average molecular weight is 319 g/mol. The number of rotatable bonds is 4. The normalized spacial score (nSPS) is 10.2. The molecule has 0 unspecified atom stereocenters. The van der Waals surface area contributed by atoms with Crippen LogP contribution in [0.2, 0.25) is 5.02 Å². The van der Waals surface area contributed by atoms with Gasteiger partial charge in [-0.15, -0.1) is 0 Å². The number of hydrogen-bond acceptors (Lipinski definition) is 2. The van der Waals surface area contributed by atoms with Gasteiger partial charge in [0.1, 0.15) is 5.75 Å². The minimum atomic E-state index is -0.360. The Hall–Kier alpha value is -2.20. The van der Waals surface area contributed by atoms with Gasteiger partial charge in [0, 0.05) is 0 Å². The molecule has 2 aromatic carbocycles. The molecule has 0 bridgehead atoms. The number of urea groups is 1. The van der Waals surface area contributed by atoms with Crippen molar-refractivity contribution in [2.75, 3.05) is 12.0 Å². The van der Waals surface area contributed by atoms with Crippen LogP contribution in [0.25, 0.3) is 0 Å². The van der Waals surface area contributed by atoms with Crippen molar-refractivity contribution in [1.82, 2.24) is 5.32 Å². The van der Waals surface area contributed by atoms with Crippen LogP contribution < -0.4 is 15.4 Å². The van der Waals surface area contributed by atoms with Crippen LogP contribution >= 0.6 is 11.6 Å². The molecule has 0 heterocycles. The molecule has 0 radical (unpaired) electrons. The molecule has 0 fully saturated rings. The molecule has 5 heteroatoms. The van der Waals surface area contributed by atoms with Crippen molar-refractivity contribution < 1.29 is 9.53 Å². The second kappa shape index (κ2) is 7.18. The first-order chi connectivity index (χ1) is 10.5. The summed E-state index contributed by atoms with van der Waals surface area (Å²) in [7, 11) is 0. The molecule has 0 aromatic heterocycles. The SMILES string of the molecule is Cc1ccc(OCNC(=O)Nc2c(C)cc(C)cc2Cl)cc1. The molecular formula is C17H19ClN2O2. The van der Waals surface area contributed by atoms with Gasteiger partial charge in [-0.3, -0.25) is 0 Å². The zero-order valence-corrected chi connectivity index (χ0v) is 13.6. The van der Waals surface area contributed by atoms with Crippen LogP contribution in [-0.2, 0) is 0 Å². The smallest absolute Gasteiger partial charge is 0.321 e. The molecule has 2 aromatic rings. The van der Waals surface area contributed by atoms with Crippen molar-refractivity contribution in [3.63, 3.8) is 0 Å². The van der Waals surface area contributed by atoms with E-state index in [0.717, 1.165) is 16.7 Å². The largest absolute Gasteiger partial charge is 0.473 e. The maximum Gasteiger partial charge on any atom is 0.321 e. The van der Waals surface area contributed by atoms with E-state index in [1.807, 2.05) is 57.2 Å². The molecule has 0 aliphatic rings.